The first-order valence-corrected chi connectivity index (χ1v) is 7.25. The van der Waals surface area contributed by atoms with Crippen LogP contribution < -0.4 is 14.8 Å². The van der Waals surface area contributed by atoms with Crippen LogP contribution in [0.5, 0.6) is 11.5 Å². The Morgan fingerprint density at radius 1 is 1.09 bits per heavy atom. The Bertz CT molecular complexity index is 646. The first kappa shape index (κ1) is 16.8. The number of carbonyl (C=O) groups excluding carboxylic acids is 1. The zero-order valence-electron chi connectivity index (χ0n) is 13.5. The number of benzene rings is 2. The molecule has 23 heavy (non-hydrogen) atoms. The zero-order valence-corrected chi connectivity index (χ0v) is 13.5. The lowest BCUT2D eigenvalue weighted by atomic mass is 9.96. The summed E-state index contributed by atoms with van der Waals surface area (Å²) < 4.78 is 10.3. The molecule has 0 saturated heterocycles. The lowest BCUT2D eigenvalue weighted by molar-refractivity contribution is 0.0526. The summed E-state index contributed by atoms with van der Waals surface area (Å²) in [5, 5.41) is 13.3. The minimum absolute atomic E-state index is 0.0926. The number of amides is 1. The van der Waals surface area contributed by atoms with E-state index in [1.807, 2.05) is 30.3 Å². The minimum Gasteiger partial charge on any atom is -0.497 e. The largest absolute Gasteiger partial charge is 0.497 e. The van der Waals surface area contributed by atoms with Crippen LogP contribution in [-0.4, -0.2) is 31.8 Å². The van der Waals surface area contributed by atoms with Crippen LogP contribution in [0.25, 0.3) is 0 Å². The molecule has 0 aliphatic heterocycles. The number of hydrogen-bond acceptors (Lipinski definition) is 4. The number of rotatable bonds is 6. The van der Waals surface area contributed by atoms with Gasteiger partial charge in [0.15, 0.2) is 0 Å². The highest BCUT2D eigenvalue weighted by atomic mass is 16.5. The van der Waals surface area contributed by atoms with Gasteiger partial charge in [0, 0.05) is 11.6 Å². The Labute approximate surface area is 135 Å². The average Bonchev–Trinajstić information content (AvgIpc) is 2.59. The first-order chi connectivity index (χ1) is 11.0. The molecule has 2 aromatic rings. The standard InChI is InChI=1S/C18H21NO4/c1-18(21,14-7-5-4-6-8-14)12-19-17(20)13-9-15(22-2)11-16(10-13)23-3/h4-11,21H,12H2,1-3H3,(H,19,20). The van der Waals surface area contributed by atoms with Gasteiger partial charge in [0.05, 0.1) is 20.8 Å². The number of nitrogens with one attached hydrogen (secondary N) is 1. The van der Waals surface area contributed by atoms with Crippen molar-refractivity contribution in [1.82, 2.24) is 5.32 Å². The summed E-state index contributed by atoms with van der Waals surface area (Å²) in [6, 6.07) is 14.1. The third kappa shape index (κ3) is 4.23. The molecule has 0 heterocycles. The highest BCUT2D eigenvalue weighted by Gasteiger charge is 2.24. The maximum absolute atomic E-state index is 12.3. The second-order valence-electron chi connectivity index (χ2n) is 5.42. The highest BCUT2D eigenvalue weighted by molar-refractivity contribution is 5.95. The molecule has 2 aromatic carbocycles. The van der Waals surface area contributed by atoms with E-state index in [2.05, 4.69) is 5.32 Å². The second-order valence-corrected chi connectivity index (χ2v) is 5.42. The zero-order chi connectivity index (χ0) is 16.9. The predicted octanol–water partition coefficient (Wildman–Crippen LogP) is 2.34. The quantitative estimate of drug-likeness (QED) is 0.858. The van der Waals surface area contributed by atoms with Gasteiger partial charge in [-0.05, 0) is 24.6 Å². The van der Waals surface area contributed by atoms with Crippen molar-refractivity contribution in [3.63, 3.8) is 0 Å². The highest BCUT2D eigenvalue weighted by Crippen LogP contribution is 2.23. The Kier molecular flexibility index (Phi) is 5.24. The molecule has 2 rings (SSSR count). The third-order valence-corrected chi connectivity index (χ3v) is 3.60. The van der Waals surface area contributed by atoms with Gasteiger partial charge in [-0.25, -0.2) is 0 Å². The van der Waals surface area contributed by atoms with Crippen molar-refractivity contribution in [1.29, 1.82) is 0 Å². The third-order valence-electron chi connectivity index (χ3n) is 3.60. The van der Waals surface area contributed by atoms with E-state index in [9.17, 15) is 9.90 Å². The molecule has 0 aliphatic carbocycles. The fraction of sp³-hybridized carbons (Fsp3) is 0.278. The second kappa shape index (κ2) is 7.15. The van der Waals surface area contributed by atoms with Crippen LogP contribution in [0.2, 0.25) is 0 Å². The molecule has 0 aliphatic rings. The summed E-state index contributed by atoms with van der Waals surface area (Å²) in [6.45, 7) is 1.75. The van der Waals surface area contributed by atoms with Crippen molar-refractivity contribution >= 4 is 5.91 Å². The van der Waals surface area contributed by atoms with E-state index in [1.165, 1.54) is 14.2 Å². The number of aliphatic hydroxyl groups is 1. The molecule has 2 N–H and O–H groups in total. The van der Waals surface area contributed by atoms with E-state index in [0.29, 0.717) is 17.1 Å². The van der Waals surface area contributed by atoms with E-state index in [-0.39, 0.29) is 12.5 Å². The molecular formula is C18H21NO4. The Morgan fingerprint density at radius 3 is 2.17 bits per heavy atom. The molecule has 122 valence electrons. The van der Waals surface area contributed by atoms with E-state index < -0.39 is 5.60 Å². The van der Waals surface area contributed by atoms with E-state index in [0.717, 1.165) is 5.56 Å². The topological polar surface area (TPSA) is 67.8 Å². The van der Waals surface area contributed by atoms with Gasteiger partial charge in [-0.15, -0.1) is 0 Å². The van der Waals surface area contributed by atoms with Crippen LogP contribution in [0.4, 0.5) is 0 Å². The molecule has 0 saturated carbocycles. The molecule has 5 nitrogen and oxygen atoms in total. The molecule has 0 fully saturated rings. The Hall–Kier alpha value is -2.53. The molecule has 0 spiro atoms. The maximum Gasteiger partial charge on any atom is 0.251 e. The molecule has 5 heteroatoms. The monoisotopic (exact) mass is 315 g/mol. The van der Waals surface area contributed by atoms with Crippen LogP contribution in [-0.2, 0) is 5.60 Å². The van der Waals surface area contributed by atoms with Gasteiger partial charge in [0.2, 0.25) is 0 Å². The van der Waals surface area contributed by atoms with Gasteiger partial charge in [0.25, 0.3) is 5.91 Å². The number of ether oxygens (including phenoxy) is 2. The van der Waals surface area contributed by atoms with Crippen LogP contribution >= 0.6 is 0 Å². The van der Waals surface area contributed by atoms with Crippen molar-refractivity contribution < 1.29 is 19.4 Å². The molecule has 1 unspecified atom stereocenters. The SMILES string of the molecule is COc1cc(OC)cc(C(=O)NCC(C)(O)c2ccccc2)c1. The van der Waals surface area contributed by atoms with Crippen LogP contribution in [0.1, 0.15) is 22.8 Å². The van der Waals surface area contributed by atoms with Crippen LogP contribution in [0.3, 0.4) is 0 Å². The fourth-order valence-electron chi connectivity index (χ4n) is 2.19. The predicted molar refractivity (Wildman–Crippen MR) is 87.9 cm³/mol. The summed E-state index contributed by atoms with van der Waals surface area (Å²) in [5.41, 5.74) is -0.00607. The molecule has 0 radical (unpaired) electrons. The first-order valence-electron chi connectivity index (χ1n) is 7.25. The fourth-order valence-corrected chi connectivity index (χ4v) is 2.19. The van der Waals surface area contributed by atoms with Gasteiger partial charge in [0.1, 0.15) is 17.1 Å². The lowest BCUT2D eigenvalue weighted by Crippen LogP contribution is -2.38. The summed E-state index contributed by atoms with van der Waals surface area (Å²) in [6.07, 6.45) is 0. The minimum atomic E-state index is -1.15. The normalized spacial score (nSPS) is 13.0. The number of hydrogen-bond donors (Lipinski definition) is 2. The maximum atomic E-state index is 12.3. The molecule has 0 bridgehead atoms. The van der Waals surface area contributed by atoms with E-state index >= 15 is 0 Å². The van der Waals surface area contributed by atoms with Gasteiger partial charge in [-0.2, -0.15) is 0 Å². The molecule has 1 atom stereocenters. The van der Waals surface area contributed by atoms with Gasteiger partial charge in [-0.1, -0.05) is 30.3 Å². The molecular weight excluding hydrogens is 294 g/mol. The number of carbonyl (C=O) groups is 1. The average molecular weight is 315 g/mol. The summed E-state index contributed by atoms with van der Waals surface area (Å²) >= 11 is 0. The molecule has 0 aromatic heterocycles. The van der Waals surface area contributed by atoms with Gasteiger partial charge < -0.3 is 19.9 Å². The van der Waals surface area contributed by atoms with Gasteiger partial charge >= 0.3 is 0 Å². The Morgan fingerprint density at radius 2 is 1.65 bits per heavy atom. The van der Waals surface area contributed by atoms with Crippen molar-refractivity contribution in [2.45, 2.75) is 12.5 Å². The van der Waals surface area contributed by atoms with E-state index in [1.54, 1.807) is 25.1 Å². The summed E-state index contributed by atoms with van der Waals surface area (Å²) in [7, 11) is 3.05. The van der Waals surface area contributed by atoms with Gasteiger partial charge in [-0.3, -0.25) is 4.79 Å². The van der Waals surface area contributed by atoms with Crippen molar-refractivity contribution in [3.8, 4) is 11.5 Å². The van der Waals surface area contributed by atoms with Crippen molar-refractivity contribution in [2.75, 3.05) is 20.8 Å². The summed E-state index contributed by atoms with van der Waals surface area (Å²) in [4.78, 5) is 12.3. The van der Waals surface area contributed by atoms with E-state index in [4.69, 9.17) is 9.47 Å². The molecule has 1 amide bonds. The van der Waals surface area contributed by atoms with Crippen LogP contribution in [0.15, 0.2) is 48.5 Å². The van der Waals surface area contributed by atoms with Crippen molar-refractivity contribution in [2.24, 2.45) is 0 Å². The van der Waals surface area contributed by atoms with Crippen molar-refractivity contribution in [3.05, 3.63) is 59.7 Å². The van der Waals surface area contributed by atoms with Crippen LogP contribution in [0, 0.1) is 0 Å². The number of methoxy groups -OCH3 is 2. The smallest absolute Gasteiger partial charge is 0.251 e. The Balaban J connectivity index is 2.10. The lowest BCUT2D eigenvalue weighted by Gasteiger charge is -2.24. The summed E-state index contributed by atoms with van der Waals surface area (Å²) in [5.74, 6) is 0.757.